The molecule has 0 aliphatic heterocycles. The third kappa shape index (κ3) is 1.91. The summed E-state index contributed by atoms with van der Waals surface area (Å²) in [6, 6.07) is 5.56. The van der Waals surface area contributed by atoms with Gasteiger partial charge in [0.1, 0.15) is 5.75 Å². The second kappa shape index (κ2) is 4.58. The van der Waals surface area contributed by atoms with E-state index >= 15 is 0 Å². The molecule has 2 N–H and O–H groups in total. The van der Waals surface area contributed by atoms with Gasteiger partial charge < -0.3 is 15.0 Å². The third-order valence-electron chi connectivity index (χ3n) is 2.85. The van der Waals surface area contributed by atoms with Crippen molar-refractivity contribution in [3.05, 3.63) is 30.0 Å². The number of benzene rings is 1. The van der Waals surface area contributed by atoms with Crippen LogP contribution in [0.3, 0.4) is 0 Å². The maximum absolute atomic E-state index is 9.53. The van der Waals surface area contributed by atoms with E-state index in [9.17, 15) is 5.11 Å². The number of nitrogens with zero attached hydrogens (tertiary/aromatic N) is 1. The summed E-state index contributed by atoms with van der Waals surface area (Å²) in [4.78, 5) is 0. The number of nitrogens with one attached hydrogen (secondary N) is 1. The van der Waals surface area contributed by atoms with Crippen molar-refractivity contribution in [1.29, 1.82) is 0 Å². The van der Waals surface area contributed by atoms with Crippen LogP contribution in [0.2, 0.25) is 0 Å². The highest BCUT2D eigenvalue weighted by atomic mass is 16.3. The summed E-state index contributed by atoms with van der Waals surface area (Å²) in [5.41, 5.74) is 2.43. The van der Waals surface area contributed by atoms with E-state index in [2.05, 4.69) is 29.9 Å². The molecule has 0 fully saturated rings. The highest BCUT2D eigenvalue weighted by Crippen LogP contribution is 2.25. The Morgan fingerprint density at radius 1 is 1.31 bits per heavy atom. The van der Waals surface area contributed by atoms with Crippen LogP contribution in [-0.4, -0.2) is 16.2 Å². The minimum atomic E-state index is 0.333. The van der Waals surface area contributed by atoms with E-state index in [1.807, 2.05) is 12.1 Å². The molecule has 0 atom stereocenters. The van der Waals surface area contributed by atoms with Crippen LogP contribution in [0.25, 0.3) is 10.9 Å². The summed E-state index contributed by atoms with van der Waals surface area (Å²) in [7, 11) is 0. The fourth-order valence-corrected chi connectivity index (χ4v) is 2.02. The smallest absolute Gasteiger partial charge is 0.116 e. The Kier molecular flexibility index (Phi) is 3.15. The molecule has 0 aliphatic carbocycles. The van der Waals surface area contributed by atoms with Crippen LogP contribution in [0, 0.1) is 0 Å². The van der Waals surface area contributed by atoms with E-state index in [1.54, 1.807) is 6.07 Å². The third-order valence-corrected chi connectivity index (χ3v) is 2.85. The molecule has 0 saturated carbocycles. The lowest BCUT2D eigenvalue weighted by Crippen LogP contribution is -2.11. The average Bonchev–Trinajstić information content (AvgIpc) is 2.64. The number of hydrogen-bond donors (Lipinski definition) is 2. The zero-order valence-electron chi connectivity index (χ0n) is 9.83. The zero-order chi connectivity index (χ0) is 11.5. The molecule has 0 unspecified atom stereocenters. The molecule has 0 aliphatic rings. The number of fused-ring (bicyclic) bond motifs is 1. The second-order valence-corrected chi connectivity index (χ2v) is 3.92. The van der Waals surface area contributed by atoms with Crippen LogP contribution in [0.1, 0.15) is 19.4 Å². The number of aromatic nitrogens is 1. The van der Waals surface area contributed by atoms with E-state index in [4.69, 9.17) is 0 Å². The molecule has 16 heavy (non-hydrogen) atoms. The highest BCUT2D eigenvalue weighted by molar-refractivity contribution is 5.85. The first-order chi connectivity index (χ1) is 7.76. The number of aryl methyl sites for hydroxylation is 1. The molecule has 2 aromatic rings. The van der Waals surface area contributed by atoms with Gasteiger partial charge in [0.25, 0.3) is 0 Å². The lowest BCUT2D eigenvalue weighted by atomic mass is 10.1. The Hall–Kier alpha value is -1.48. The van der Waals surface area contributed by atoms with Gasteiger partial charge in [-0.3, -0.25) is 0 Å². The summed E-state index contributed by atoms with van der Waals surface area (Å²) in [5, 5.41) is 14.0. The molecule has 0 amide bonds. The van der Waals surface area contributed by atoms with Gasteiger partial charge in [-0.05, 0) is 37.2 Å². The second-order valence-electron chi connectivity index (χ2n) is 3.92. The summed E-state index contributed by atoms with van der Waals surface area (Å²) in [6.45, 7) is 6.98. The molecular formula is C13H18N2O. The van der Waals surface area contributed by atoms with Gasteiger partial charge in [0.15, 0.2) is 0 Å². The Morgan fingerprint density at radius 2 is 2.12 bits per heavy atom. The highest BCUT2D eigenvalue weighted by Gasteiger charge is 2.07. The van der Waals surface area contributed by atoms with Gasteiger partial charge in [0.05, 0.1) is 0 Å². The first-order valence-corrected chi connectivity index (χ1v) is 5.77. The predicted molar refractivity (Wildman–Crippen MR) is 66.7 cm³/mol. The Morgan fingerprint density at radius 3 is 2.81 bits per heavy atom. The normalized spacial score (nSPS) is 11.1. The van der Waals surface area contributed by atoms with Crippen LogP contribution >= 0.6 is 0 Å². The van der Waals surface area contributed by atoms with E-state index < -0.39 is 0 Å². The van der Waals surface area contributed by atoms with Gasteiger partial charge in [-0.15, -0.1) is 0 Å². The molecule has 1 aromatic heterocycles. The molecule has 0 bridgehead atoms. The SMILES string of the molecule is CCNCc1cn(CC)c2ccc(O)cc12. The van der Waals surface area contributed by atoms with Crippen LogP contribution < -0.4 is 5.32 Å². The quantitative estimate of drug-likeness (QED) is 0.827. The van der Waals surface area contributed by atoms with Crippen molar-refractivity contribution in [2.45, 2.75) is 26.9 Å². The Labute approximate surface area is 95.7 Å². The monoisotopic (exact) mass is 218 g/mol. The maximum atomic E-state index is 9.53. The van der Waals surface area contributed by atoms with Gasteiger partial charge in [-0.1, -0.05) is 6.92 Å². The predicted octanol–water partition coefficient (Wildman–Crippen LogP) is 2.48. The standard InChI is InChI=1S/C13H18N2O/c1-3-14-8-10-9-15(4-2)13-6-5-11(16)7-12(10)13/h5-7,9,14,16H,3-4,8H2,1-2H3. The molecule has 3 nitrogen and oxygen atoms in total. The van der Waals surface area contributed by atoms with E-state index in [0.717, 1.165) is 25.0 Å². The van der Waals surface area contributed by atoms with Gasteiger partial charge in [0, 0.05) is 30.2 Å². The van der Waals surface area contributed by atoms with Gasteiger partial charge in [0.2, 0.25) is 0 Å². The molecule has 0 radical (unpaired) electrons. The van der Waals surface area contributed by atoms with Crippen molar-refractivity contribution in [1.82, 2.24) is 9.88 Å². The zero-order valence-corrected chi connectivity index (χ0v) is 9.83. The average molecular weight is 218 g/mol. The van der Waals surface area contributed by atoms with Crippen molar-refractivity contribution >= 4 is 10.9 Å². The number of hydrogen-bond acceptors (Lipinski definition) is 2. The largest absolute Gasteiger partial charge is 0.508 e. The summed E-state index contributed by atoms with van der Waals surface area (Å²) < 4.78 is 2.21. The minimum absolute atomic E-state index is 0.333. The Balaban J connectivity index is 2.50. The molecule has 1 heterocycles. The molecule has 3 heteroatoms. The topological polar surface area (TPSA) is 37.2 Å². The lowest BCUT2D eigenvalue weighted by molar-refractivity contribution is 0.476. The van der Waals surface area contributed by atoms with Crippen molar-refractivity contribution in [3.8, 4) is 5.75 Å². The van der Waals surface area contributed by atoms with Crippen molar-refractivity contribution in [2.24, 2.45) is 0 Å². The van der Waals surface area contributed by atoms with E-state index in [0.29, 0.717) is 5.75 Å². The molecular weight excluding hydrogens is 200 g/mol. The van der Waals surface area contributed by atoms with Crippen molar-refractivity contribution < 1.29 is 5.11 Å². The molecule has 0 spiro atoms. The Bertz CT molecular complexity index is 488. The van der Waals surface area contributed by atoms with Gasteiger partial charge in [-0.2, -0.15) is 0 Å². The lowest BCUT2D eigenvalue weighted by Gasteiger charge is -2.00. The maximum Gasteiger partial charge on any atom is 0.116 e. The summed E-state index contributed by atoms with van der Waals surface area (Å²) in [5.74, 6) is 0.333. The fraction of sp³-hybridized carbons (Fsp3) is 0.385. The van der Waals surface area contributed by atoms with Gasteiger partial charge in [-0.25, -0.2) is 0 Å². The van der Waals surface area contributed by atoms with E-state index in [1.165, 1.54) is 11.1 Å². The number of aromatic hydroxyl groups is 1. The van der Waals surface area contributed by atoms with Gasteiger partial charge >= 0.3 is 0 Å². The van der Waals surface area contributed by atoms with Crippen molar-refractivity contribution in [2.75, 3.05) is 6.54 Å². The van der Waals surface area contributed by atoms with Crippen LogP contribution in [0.4, 0.5) is 0 Å². The fourth-order valence-electron chi connectivity index (χ4n) is 2.02. The van der Waals surface area contributed by atoms with Crippen LogP contribution in [0.15, 0.2) is 24.4 Å². The first kappa shape index (κ1) is 11.0. The minimum Gasteiger partial charge on any atom is -0.508 e. The molecule has 2 rings (SSSR count). The summed E-state index contributed by atoms with van der Waals surface area (Å²) in [6.07, 6.45) is 2.16. The summed E-state index contributed by atoms with van der Waals surface area (Å²) >= 11 is 0. The van der Waals surface area contributed by atoms with Crippen molar-refractivity contribution in [3.63, 3.8) is 0 Å². The number of phenolic OH excluding ortho intramolecular Hbond substituents is 1. The molecule has 1 aromatic carbocycles. The van der Waals surface area contributed by atoms with Crippen LogP contribution in [0.5, 0.6) is 5.75 Å². The first-order valence-electron chi connectivity index (χ1n) is 5.77. The van der Waals surface area contributed by atoms with Crippen LogP contribution in [-0.2, 0) is 13.1 Å². The molecule has 86 valence electrons. The number of phenols is 1. The molecule has 0 saturated heterocycles. The van der Waals surface area contributed by atoms with E-state index in [-0.39, 0.29) is 0 Å². The number of rotatable bonds is 4.